The smallest absolute Gasteiger partial charge is 0.307 e. The van der Waals surface area contributed by atoms with Gasteiger partial charge in [0.25, 0.3) is 0 Å². The van der Waals surface area contributed by atoms with E-state index in [9.17, 15) is 4.79 Å². The molecular weight excluding hydrogens is 170 g/mol. The Morgan fingerprint density at radius 1 is 1.54 bits per heavy atom. The fourth-order valence-electron chi connectivity index (χ4n) is 1.91. The molecule has 2 heterocycles. The SMILES string of the molecule is CC1CN(C2COC(=O)C2)CCO1. The zero-order valence-electron chi connectivity index (χ0n) is 7.86. The molecule has 0 amide bonds. The average molecular weight is 185 g/mol. The predicted octanol–water partition coefficient (Wildman–Crippen LogP) is 0.0226. The van der Waals surface area contributed by atoms with Crippen LogP contribution in [0, 0.1) is 0 Å². The van der Waals surface area contributed by atoms with Gasteiger partial charge in [-0.3, -0.25) is 9.69 Å². The van der Waals surface area contributed by atoms with E-state index in [2.05, 4.69) is 11.8 Å². The largest absolute Gasteiger partial charge is 0.464 e. The number of carbonyl (C=O) groups excluding carboxylic acids is 1. The van der Waals surface area contributed by atoms with Crippen LogP contribution < -0.4 is 0 Å². The van der Waals surface area contributed by atoms with Crippen LogP contribution in [0.5, 0.6) is 0 Å². The van der Waals surface area contributed by atoms with E-state index < -0.39 is 0 Å². The van der Waals surface area contributed by atoms with Crippen molar-refractivity contribution in [2.75, 3.05) is 26.3 Å². The molecular formula is C9H15NO3. The lowest BCUT2D eigenvalue weighted by Gasteiger charge is -2.34. The van der Waals surface area contributed by atoms with E-state index in [-0.39, 0.29) is 12.1 Å². The summed E-state index contributed by atoms with van der Waals surface area (Å²) < 4.78 is 10.4. The van der Waals surface area contributed by atoms with Crippen LogP contribution in [0.2, 0.25) is 0 Å². The number of hydrogen-bond donors (Lipinski definition) is 0. The molecule has 13 heavy (non-hydrogen) atoms. The number of nitrogens with zero attached hydrogens (tertiary/aromatic N) is 1. The Bertz CT molecular complexity index is 207. The fourth-order valence-corrected chi connectivity index (χ4v) is 1.91. The Balaban J connectivity index is 1.89. The van der Waals surface area contributed by atoms with Crippen molar-refractivity contribution < 1.29 is 14.3 Å². The molecule has 0 aromatic rings. The minimum absolute atomic E-state index is 0.0656. The minimum Gasteiger partial charge on any atom is -0.464 e. The highest BCUT2D eigenvalue weighted by molar-refractivity contribution is 5.72. The van der Waals surface area contributed by atoms with Crippen LogP contribution in [0.3, 0.4) is 0 Å². The Hall–Kier alpha value is -0.610. The van der Waals surface area contributed by atoms with Crippen LogP contribution in [-0.4, -0.2) is 49.3 Å². The maximum Gasteiger partial charge on any atom is 0.307 e. The summed E-state index contributed by atoms with van der Waals surface area (Å²) >= 11 is 0. The van der Waals surface area contributed by atoms with E-state index in [0.29, 0.717) is 19.1 Å². The van der Waals surface area contributed by atoms with E-state index in [4.69, 9.17) is 9.47 Å². The molecule has 0 N–H and O–H groups in total. The van der Waals surface area contributed by atoms with Crippen LogP contribution in [0.4, 0.5) is 0 Å². The highest BCUT2D eigenvalue weighted by Gasteiger charge is 2.31. The summed E-state index contributed by atoms with van der Waals surface area (Å²) in [5.74, 6) is -0.0656. The van der Waals surface area contributed by atoms with Gasteiger partial charge < -0.3 is 9.47 Å². The Morgan fingerprint density at radius 3 is 3.00 bits per heavy atom. The predicted molar refractivity (Wildman–Crippen MR) is 46.4 cm³/mol. The lowest BCUT2D eigenvalue weighted by molar-refractivity contribution is -0.137. The van der Waals surface area contributed by atoms with Crippen molar-refractivity contribution >= 4 is 5.97 Å². The maximum absolute atomic E-state index is 10.9. The van der Waals surface area contributed by atoms with E-state index in [1.807, 2.05) is 0 Å². The highest BCUT2D eigenvalue weighted by Crippen LogP contribution is 2.16. The summed E-state index contributed by atoms with van der Waals surface area (Å²) in [6, 6.07) is 0.291. The van der Waals surface area contributed by atoms with Crippen molar-refractivity contribution in [1.82, 2.24) is 4.90 Å². The molecule has 4 heteroatoms. The number of hydrogen-bond acceptors (Lipinski definition) is 4. The van der Waals surface area contributed by atoms with E-state index >= 15 is 0 Å². The first-order valence-electron chi connectivity index (χ1n) is 4.77. The summed E-state index contributed by atoms with van der Waals surface area (Å²) in [4.78, 5) is 13.2. The van der Waals surface area contributed by atoms with Crippen LogP contribution in [0.1, 0.15) is 13.3 Å². The zero-order chi connectivity index (χ0) is 9.26. The number of ether oxygens (including phenoxy) is 2. The van der Waals surface area contributed by atoms with E-state index in [1.165, 1.54) is 0 Å². The first-order chi connectivity index (χ1) is 6.25. The number of rotatable bonds is 1. The number of morpholine rings is 1. The molecule has 2 rings (SSSR count). The third-order valence-corrected chi connectivity index (χ3v) is 2.63. The monoisotopic (exact) mass is 185 g/mol. The van der Waals surface area contributed by atoms with E-state index in [1.54, 1.807) is 0 Å². The molecule has 0 radical (unpaired) electrons. The standard InChI is InChI=1S/C9H15NO3/c1-7-5-10(2-3-12-7)8-4-9(11)13-6-8/h7-8H,2-6H2,1H3. The zero-order valence-corrected chi connectivity index (χ0v) is 7.86. The number of carbonyl (C=O) groups is 1. The van der Waals surface area contributed by atoms with Gasteiger partial charge in [-0.05, 0) is 6.92 Å². The summed E-state index contributed by atoms with van der Waals surface area (Å²) in [6.07, 6.45) is 0.830. The molecule has 2 atom stereocenters. The molecule has 2 fully saturated rings. The number of cyclic esters (lactones) is 1. The van der Waals surface area contributed by atoms with Gasteiger partial charge in [-0.15, -0.1) is 0 Å². The van der Waals surface area contributed by atoms with Crippen LogP contribution in [0.15, 0.2) is 0 Å². The van der Waals surface area contributed by atoms with Gasteiger partial charge in [0.15, 0.2) is 0 Å². The third kappa shape index (κ3) is 2.00. The van der Waals surface area contributed by atoms with Gasteiger partial charge in [-0.2, -0.15) is 0 Å². The third-order valence-electron chi connectivity index (χ3n) is 2.63. The molecule has 0 bridgehead atoms. The second kappa shape index (κ2) is 3.64. The van der Waals surface area contributed by atoms with Gasteiger partial charge in [0.05, 0.1) is 25.2 Å². The van der Waals surface area contributed by atoms with Gasteiger partial charge in [-0.25, -0.2) is 0 Å². The van der Waals surface area contributed by atoms with Crippen LogP contribution in [-0.2, 0) is 14.3 Å². The Kier molecular flexibility index (Phi) is 2.51. The first-order valence-corrected chi connectivity index (χ1v) is 4.77. The molecule has 2 saturated heterocycles. The van der Waals surface area contributed by atoms with Gasteiger partial charge >= 0.3 is 5.97 Å². The quantitative estimate of drug-likeness (QED) is 0.540. The maximum atomic E-state index is 10.9. The topological polar surface area (TPSA) is 38.8 Å². The summed E-state index contributed by atoms with van der Waals surface area (Å²) in [5, 5.41) is 0. The van der Waals surface area contributed by atoms with Crippen molar-refractivity contribution in [3.8, 4) is 0 Å². The van der Waals surface area contributed by atoms with Gasteiger partial charge in [0.1, 0.15) is 6.61 Å². The summed E-state index contributed by atoms with van der Waals surface area (Å²) in [6.45, 7) is 5.23. The lowest BCUT2D eigenvalue weighted by atomic mass is 10.2. The second-order valence-electron chi connectivity index (χ2n) is 3.72. The number of esters is 1. The van der Waals surface area contributed by atoms with Crippen molar-refractivity contribution in [1.29, 1.82) is 0 Å². The normalized spacial score (nSPS) is 36.2. The van der Waals surface area contributed by atoms with Crippen molar-refractivity contribution in [3.63, 3.8) is 0 Å². The molecule has 0 saturated carbocycles. The molecule has 74 valence electrons. The molecule has 2 aliphatic rings. The molecule has 0 aromatic heterocycles. The molecule has 0 aliphatic carbocycles. The van der Waals surface area contributed by atoms with Crippen molar-refractivity contribution in [2.24, 2.45) is 0 Å². The van der Waals surface area contributed by atoms with Crippen molar-refractivity contribution in [2.45, 2.75) is 25.5 Å². The molecule has 0 aromatic carbocycles. The van der Waals surface area contributed by atoms with Crippen LogP contribution >= 0.6 is 0 Å². The summed E-state index contributed by atoms with van der Waals surface area (Å²) in [7, 11) is 0. The average Bonchev–Trinajstić information content (AvgIpc) is 2.52. The van der Waals surface area contributed by atoms with Crippen molar-refractivity contribution in [3.05, 3.63) is 0 Å². The molecule has 2 unspecified atom stereocenters. The van der Waals surface area contributed by atoms with Gasteiger partial charge in [0.2, 0.25) is 0 Å². The minimum atomic E-state index is -0.0656. The first kappa shape index (κ1) is 8.97. The summed E-state index contributed by atoms with van der Waals surface area (Å²) in [5.41, 5.74) is 0. The van der Waals surface area contributed by atoms with Crippen LogP contribution in [0.25, 0.3) is 0 Å². The lowest BCUT2D eigenvalue weighted by Crippen LogP contribution is -2.47. The van der Waals surface area contributed by atoms with Gasteiger partial charge in [-0.1, -0.05) is 0 Å². The van der Waals surface area contributed by atoms with E-state index in [0.717, 1.165) is 19.7 Å². The Labute approximate surface area is 77.8 Å². The molecule has 4 nitrogen and oxygen atoms in total. The highest BCUT2D eigenvalue weighted by atomic mass is 16.5. The molecule has 2 aliphatic heterocycles. The van der Waals surface area contributed by atoms with Gasteiger partial charge in [0, 0.05) is 13.1 Å². The fraction of sp³-hybridized carbons (Fsp3) is 0.889. The Morgan fingerprint density at radius 2 is 2.38 bits per heavy atom. The second-order valence-corrected chi connectivity index (χ2v) is 3.72. The molecule has 0 spiro atoms.